The van der Waals surface area contributed by atoms with Crippen molar-refractivity contribution in [2.45, 2.75) is 51.2 Å². The van der Waals surface area contributed by atoms with Gasteiger partial charge in [-0.15, -0.1) is 0 Å². The predicted octanol–water partition coefficient (Wildman–Crippen LogP) is 4.03. The summed E-state index contributed by atoms with van der Waals surface area (Å²) in [6.07, 6.45) is 6.75. The number of aliphatic hydroxyl groups excluding tert-OH is 1. The second-order valence-corrected chi connectivity index (χ2v) is 8.43. The molecule has 0 aromatic heterocycles. The zero-order valence-corrected chi connectivity index (χ0v) is 18.9. The number of hydrogen-bond acceptors (Lipinski definition) is 5. The Morgan fingerprint density at radius 1 is 0.968 bits per heavy atom. The molecule has 0 radical (unpaired) electrons. The highest BCUT2D eigenvalue weighted by atomic mass is 16.5. The molecule has 5 nitrogen and oxygen atoms in total. The van der Waals surface area contributed by atoms with Gasteiger partial charge in [0.15, 0.2) is 11.5 Å². The second kappa shape index (κ2) is 13.4. The van der Waals surface area contributed by atoms with Crippen LogP contribution in [-0.4, -0.2) is 56.0 Å². The summed E-state index contributed by atoms with van der Waals surface area (Å²) in [5.41, 5.74) is 2.54. The van der Waals surface area contributed by atoms with Crippen LogP contribution in [-0.2, 0) is 13.0 Å². The number of β-amino-alcohol motifs (C(OH)–C–C–N with tert-alkyl or cyclic N) is 1. The minimum atomic E-state index is -0.492. The summed E-state index contributed by atoms with van der Waals surface area (Å²) in [5.74, 6) is 1.40. The fraction of sp³-hybridized carbons (Fsp3) is 0.538. The lowest BCUT2D eigenvalue weighted by atomic mass is 10.1. The maximum atomic E-state index is 10.4. The topological polar surface area (TPSA) is 54.0 Å². The first kappa shape index (κ1) is 23.6. The van der Waals surface area contributed by atoms with Gasteiger partial charge in [0, 0.05) is 13.1 Å². The Morgan fingerprint density at radius 3 is 2.48 bits per heavy atom. The Labute approximate surface area is 187 Å². The van der Waals surface area contributed by atoms with Crippen molar-refractivity contribution in [3.63, 3.8) is 0 Å². The number of methoxy groups -OCH3 is 1. The molecule has 1 unspecified atom stereocenters. The Morgan fingerprint density at radius 2 is 1.74 bits per heavy atom. The van der Waals surface area contributed by atoms with Crippen molar-refractivity contribution in [3.05, 3.63) is 59.7 Å². The van der Waals surface area contributed by atoms with Crippen LogP contribution in [0.4, 0.5) is 0 Å². The number of hydrogen-bond donors (Lipinski definition) is 2. The Kier molecular flexibility index (Phi) is 10.2. The summed E-state index contributed by atoms with van der Waals surface area (Å²) < 4.78 is 11.4. The van der Waals surface area contributed by atoms with Crippen LogP contribution >= 0.6 is 0 Å². The van der Waals surface area contributed by atoms with E-state index in [1.165, 1.54) is 31.2 Å². The van der Waals surface area contributed by atoms with Crippen molar-refractivity contribution in [2.75, 3.05) is 39.9 Å². The molecular formula is C26H38N2O3. The number of aliphatic hydroxyl groups is 1. The quantitative estimate of drug-likeness (QED) is 0.502. The van der Waals surface area contributed by atoms with Gasteiger partial charge in [-0.3, -0.25) is 0 Å². The minimum Gasteiger partial charge on any atom is -0.493 e. The van der Waals surface area contributed by atoms with E-state index in [2.05, 4.69) is 46.6 Å². The molecule has 0 saturated carbocycles. The highest BCUT2D eigenvalue weighted by Gasteiger charge is 2.15. The van der Waals surface area contributed by atoms with Gasteiger partial charge in [-0.2, -0.15) is 0 Å². The van der Waals surface area contributed by atoms with E-state index in [1.54, 1.807) is 7.11 Å². The number of likely N-dealkylation sites (tertiary alicyclic amines) is 1. The van der Waals surface area contributed by atoms with Crippen molar-refractivity contribution < 1.29 is 14.6 Å². The largest absolute Gasteiger partial charge is 0.493 e. The summed E-state index contributed by atoms with van der Waals surface area (Å²) in [5, 5.41) is 13.9. The van der Waals surface area contributed by atoms with Crippen molar-refractivity contribution in [3.8, 4) is 11.5 Å². The van der Waals surface area contributed by atoms with E-state index in [0.717, 1.165) is 44.6 Å². The molecule has 1 aliphatic rings. The molecule has 170 valence electrons. The van der Waals surface area contributed by atoms with Crippen LogP contribution in [0, 0.1) is 0 Å². The van der Waals surface area contributed by atoms with E-state index in [-0.39, 0.29) is 6.61 Å². The van der Waals surface area contributed by atoms with Crippen molar-refractivity contribution >= 4 is 0 Å². The summed E-state index contributed by atoms with van der Waals surface area (Å²) in [7, 11) is 1.66. The lowest BCUT2D eigenvalue weighted by Crippen LogP contribution is -2.36. The third-order valence-electron chi connectivity index (χ3n) is 5.82. The molecule has 1 fully saturated rings. The van der Waals surface area contributed by atoms with E-state index < -0.39 is 6.10 Å². The SMILES string of the molecule is COc1cc(CNCCCc2ccccc2)ccc1OCC(O)CN1CCCCCC1. The van der Waals surface area contributed by atoms with Gasteiger partial charge in [0.2, 0.25) is 0 Å². The number of benzene rings is 2. The number of nitrogens with one attached hydrogen (secondary N) is 1. The van der Waals surface area contributed by atoms with Crippen molar-refractivity contribution in [1.29, 1.82) is 0 Å². The Bertz CT molecular complexity index is 746. The number of rotatable bonds is 12. The summed E-state index contributed by atoms with van der Waals surface area (Å²) in [4.78, 5) is 2.35. The summed E-state index contributed by atoms with van der Waals surface area (Å²) in [6.45, 7) is 4.87. The average Bonchev–Trinajstić information content (AvgIpc) is 3.07. The molecule has 0 bridgehead atoms. The van der Waals surface area contributed by atoms with Gasteiger partial charge in [-0.25, -0.2) is 0 Å². The van der Waals surface area contributed by atoms with Gasteiger partial charge in [-0.1, -0.05) is 49.2 Å². The highest BCUT2D eigenvalue weighted by Crippen LogP contribution is 2.28. The maximum Gasteiger partial charge on any atom is 0.161 e. The average molecular weight is 427 g/mol. The predicted molar refractivity (Wildman–Crippen MR) is 126 cm³/mol. The standard InChI is InChI=1S/C26H38N2O3/c1-30-26-18-23(19-27-15-9-12-22-10-5-4-6-11-22)13-14-25(26)31-21-24(29)20-28-16-7-2-3-8-17-28/h4-6,10-11,13-14,18,24,27,29H,2-3,7-9,12,15-17,19-21H2,1H3. The molecular weight excluding hydrogens is 388 g/mol. The number of ether oxygens (including phenoxy) is 2. The van der Waals surface area contributed by atoms with Crippen LogP contribution in [0.15, 0.2) is 48.5 Å². The normalized spacial score (nSPS) is 15.9. The lowest BCUT2D eigenvalue weighted by Gasteiger charge is -2.23. The minimum absolute atomic E-state index is 0.282. The van der Waals surface area contributed by atoms with E-state index in [0.29, 0.717) is 18.0 Å². The van der Waals surface area contributed by atoms with Gasteiger partial charge < -0.3 is 24.8 Å². The first-order chi connectivity index (χ1) is 15.2. The molecule has 1 atom stereocenters. The Hall–Kier alpha value is -2.08. The Balaban J connectivity index is 1.39. The van der Waals surface area contributed by atoms with Crippen LogP contribution in [0.5, 0.6) is 11.5 Å². The first-order valence-corrected chi connectivity index (χ1v) is 11.7. The van der Waals surface area contributed by atoms with Crippen LogP contribution < -0.4 is 14.8 Å². The molecule has 0 spiro atoms. The smallest absolute Gasteiger partial charge is 0.161 e. The molecule has 3 rings (SSSR count). The molecule has 2 aromatic carbocycles. The molecule has 31 heavy (non-hydrogen) atoms. The van der Waals surface area contributed by atoms with E-state index in [9.17, 15) is 5.11 Å². The molecule has 1 saturated heterocycles. The van der Waals surface area contributed by atoms with Crippen molar-refractivity contribution in [1.82, 2.24) is 10.2 Å². The summed E-state index contributed by atoms with van der Waals surface area (Å²) in [6, 6.07) is 16.6. The van der Waals surface area contributed by atoms with Crippen molar-refractivity contribution in [2.24, 2.45) is 0 Å². The number of aryl methyl sites for hydroxylation is 1. The van der Waals surface area contributed by atoms with E-state index >= 15 is 0 Å². The zero-order chi connectivity index (χ0) is 21.7. The molecule has 2 N–H and O–H groups in total. The monoisotopic (exact) mass is 426 g/mol. The van der Waals surface area contributed by atoms with Gasteiger partial charge in [-0.05, 0) is 68.6 Å². The van der Waals surface area contributed by atoms with Crippen LogP contribution in [0.25, 0.3) is 0 Å². The van der Waals surface area contributed by atoms with Crippen LogP contribution in [0.3, 0.4) is 0 Å². The highest BCUT2D eigenvalue weighted by molar-refractivity contribution is 5.43. The molecule has 0 aliphatic carbocycles. The molecule has 1 aliphatic heterocycles. The van der Waals surface area contributed by atoms with Gasteiger partial charge in [0.1, 0.15) is 12.7 Å². The van der Waals surface area contributed by atoms with Crippen LogP contribution in [0.1, 0.15) is 43.2 Å². The maximum absolute atomic E-state index is 10.4. The second-order valence-electron chi connectivity index (χ2n) is 8.43. The molecule has 1 heterocycles. The third kappa shape index (κ3) is 8.52. The fourth-order valence-corrected chi connectivity index (χ4v) is 4.09. The van der Waals surface area contributed by atoms with E-state index in [4.69, 9.17) is 9.47 Å². The first-order valence-electron chi connectivity index (χ1n) is 11.7. The summed E-state index contributed by atoms with van der Waals surface area (Å²) >= 11 is 0. The fourth-order valence-electron chi connectivity index (χ4n) is 4.09. The zero-order valence-electron chi connectivity index (χ0n) is 18.9. The van der Waals surface area contributed by atoms with Crippen LogP contribution in [0.2, 0.25) is 0 Å². The lowest BCUT2D eigenvalue weighted by molar-refractivity contribution is 0.0683. The third-order valence-corrected chi connectivity index (χ3v) is 5.82. The molecule has 2 aromatic rings. The molecule has 0 amide bonds. The van der Waals surface area contributed by atoms with Gasteiger partial charge in [0.05, 0.1) is 7.11 Å². The van der Waals surface area contributed by atoms with Gasteiger partial charge >= 0.3 is 0 Å². The number of nitrogens with zero attached hydrogens (tertiary/aromatic N) is 1. The van der Waals surface area contributed by atoms with Gasteiger partial charge in [0.25, 0.3) is 0 Å². The van der Waals surface area contributed by atoms with E-state index in [1.807, 2.05) is 12.1 Å². The molecule has 5 heteroatoms.